The highest BCUT2D eigenvalue weighted by molar-refractivity contribution is 5.79. The number of rotatable bonds is 7. The minimum Gasteiger partial charge on any atom is -0.490 e. The largest absolute Gasteiger partial charge is 0.490 e. The Hall–Kier alpha value is -2.63. The van der Waals surface area contributed by atoms with Crippen LogP contribution in [0.25, 0.3) is 10.9 Å². The van der Waals surface area contributed by atoms with E-state index < -0.39 is 6.10 Å². The van der Waals surface area contributed by atoms with Gasteiger partial charge in [0.1, 0.15) is 18.5 Å². The maximum absolute atomic E-state index is 12.2. The van der Waals surface area contributed by atoms with Gasteiger partial charge in [-0.3, -0.25) is 4.79 Å². The highest BCUT2D eigenvalue weighted by Crippen LogP contribution is 2.22. The molecule has 0 unspecified atom stereocenters. The maximum atomic E-state index is 12.2. The predicted octanol–water partition coefficient (Wildman–Crippen LogP) is 2.98. The van der Waals surface area contributed by atoms with Crippen molar-refractivity contribution in [1.82, 2.24) is 10.3 Å². The zero-order chi connectivity index (χ0) is 19.4. The summed E-state index contributed by atoms with van der Waals surface area (Å²) in [5, 5.41) is 14.3. The molecule has 5 nitrogen and oxygen atoms in total. The summed E-state index contributed by atoms with van der Waals surface area (Å²) in [6.07, 6.45) is -0.661. The van der Waals surface area contributed by atoms with Gasteiger partial charge in [0.05, 0.1) is 0 Å². The second-order valence-corrected chi connectivity index (χ2v) is 7.03. The number of hydrogen-bond acceptors (Lipinski definition) is 4. The number of aromatic amines is 1. The van der Waals surface area contributed by atoms with Crippen molar-refractivity contribution < 1.29 is 9.84 Å². The third kappa shape index (κ3) is 4.76. The smallest absolute Gasteiger partial charge is 0.252 e. The number of fused-ring (bicyclic) bond motifs is 1. The van der Waals surface area contributed by atoms with Gasteiger partial charge in [0, 0.05) is 24.2 Å². The summed E-state index contributed by atoms with van der Waals surface area (Å²) in [5.74, 6) is 0.817. The monoisotopic (exact) mass is 366 g/mol. The van der Waals surface area contributed by atoms with Gasteiger partial charge in [0.15, 0.2) is 0 Å². The summed E-state index contributed by atoms with van der Waals surface area (Å²) in [6.45, 7) is 6.93. The van der Waals surface area contributed by atoms with E-state index in [9.17, 15) is 9.90 Å². The lowest BCUT2D eigenvalue weighted by Crippen LogP contribution is -2.32. The first-order chi connectivity index (χ1) is 12.9. The highest BCUT2D eigenvalue weighted by Gasteiger charge is 2.09. The molecule has 3 rings (SSSR count). The van der Waals surface area contributed by atoms with Crippen molar-refractivity contribution >= 4 is 10.9 Å². The number of pyridine rings is 1. The van der Waals surface area contributed by atoms with Crippen LogP contribution in [0.2, 0.25) is 0 Å². The molecule has 1 heterocycles. The van der Waals surface area contributed by atoms with Crippen LogP contribution in [0.15, 0.2) is 47.3 Å². The molecule has 0 aliphatic carbocycles. The molecule has 3 aromatic rings. The van der Waals surface area contributed by atoms with E-state index >= 15 is 0 Å². The number of H-pyrrole nitrogens is 1. The van der Waals surface area contributed by atoms with E-state index in [0.29, 0.717) is 18.7 Å². The third-order valence-corrected chi connectivity index (χ3v) is 4.60. The first-order valence-electron chi connectivity index (χ1n) is 9.14. The number of aromatic nitrogens is 1. The number of para-hydroxylation sites is 1. The second kappa shape index (κ2) is 8.37. The van der Waals surface area contributed by atoms with Crippen molar-refractivity contribution in [3.63, 3.8) is 0 Å². The quantitative estimate of drug-likeness (QED) is 0.601. The molecule has 0 fully saturated rings. The molecular weight excluding hydrogens is 340 g/mol. The van der Waals surface area contributed by atoms with Gasteiger partial charge >= 0.3 is 0 Å². The zero-order valence-corrected chi connectivity index (χ0v) is 16.0. The minimum absolute atomic E-state index is 0.111. The summed E-state index contributed by atoms with van der Waals surface area (Å²) in [5.41, 5.74) is 4.61. The van der Waals surface area contributed by atoms with Crippen molar-refractivity contribution in [3.05, 3.63) is 75.1 Å². The molecule has 142 valence electrons. The van der Waals surface area contributed by atoms with Gasteiger partial charge in [0.2, 0.25) is 0 Å². The summed E-state index contributed by atoms with van der Waals surface area (Å²) < 4.78 is 5.77. The fourth-order valence-corrected chi connectivity index (χ4v) is 3.14. The lowest BCUT2D eigenvalue weighted by Gasteiger charge is -2.16. The van der Waals surface area contributed by atoms with Crippen molar-refractivity contribution in [2.75, 3.05) is 13.2 Å². The molecule has 0 saturated heterocycles. The number of aryl methyl sites for hydroxylation is 3. The standard InChI is InChI=1S/C22H26N2O3/c1-14-7-8-20-17(9-14)10-18(22(26)24-20)11-23-12-19(25)13-27-21-15(2)5-4-6-16(21)3/h4-10,19,23,25H,11-13H2,1-3H3,(H,24,26)/t19-/m1/s1. The molecule has 5 heteroatoms. The highest BCUT2D eigenvalue weighted by atomic mass is 16.5. The van der Waals surface area contributed by atoms with Crippen LogP contribution in [0.5, 0.6) is 5.75 Å². The van der Waals surface area contributed by atoms with Crippen LogP contribution < -0.4 is 15.6 Å². The minimum atomic E-state index is -0.661. The molecule has 3 N–H and O–H groups in total. The van der Waals surface area contributed by atoms with E-state index in [-0.39, 0.29) is 12.2 Å². The first-order valence-corrected chi connectivity index (χ1v) is 9.14. The molecule has 0 aliphatic rings. The third-order valence-electron chi connectivity index (χ3n) is 4.60. The van der Waals surface area contributed by atoms with Gasteiger partial charge in [-0.05, 0) is 55.5 Å². The van der Waals surface area contributed by atoms with Gasteiger partial charge in [-0.25, -0.2) is 0 Å². The first kappa shape index (κ1) is 19.1. The van der Waals surface area contributed by atoms with Crippen molar-refractivity contribution in [1.29, 1.82) is 0 Å². The summed E-state index contributed by atoms with van der Waals surface area (Å²) in [4.78, 5) is 15.1. The van der Waals surface area contributed by atoms with Crippen LogP contribution in [-0.2, 0) is 6.54 Å². The molecule has 0 bridgehead atoms. The summed E-state index contributed by atoms with van der Waals surface area (Å²) in [7, 11) is 0. The molecule has 1 aromatic heterocycles. The van der Waals surface area contributed by atoms with Crippen LogP contribution in [0.1, 0.15) is 22.3 Å². The fourth-order valence-electron chi connectivity index (χ4n) is 3.14. The summed E-state index contributed by atoms with van der Waals surface area (Å²) >= 11 is 0. The lowest BCUT2D eigenvalue weighted by molar-refractivity contribution is 0.105. The number of nitrogens with one attached hydrogen (secondary N) is 2. The number of aliphatic hydroxyl groups is 1. The van der Waals surface area contributed by atoms with Crippen LogP contribution in [-0.4, -0.2) is 29.3 Å². The van der Waals surface area contributed by atoms with E-state index in [1.165, 1.54) is 0 Å². The lowest BCUT2D eigenvalue weighted by atomic mass is 10.1. The molecule has 0 spiro atoms. The Kier molecular flexibility index (Phi) is 5.94. The van der Waals surface area contributed by atoms with E-state index in [1.54, 1.807) is 0 Å². The van der Waals surface area contributed by atoms with E-state index in [2.05, 4.69) is 10.3 Å². The summed E-state index contributed by atoms with van der Waals surface area (Å²) in [6, 6.07) is 13.8. The van der Waals surface area contributed by atoms with Crippen molar-refractivity contribution in [2.24, 2.45) is 0 Å². The SMILES string of the molecule is Cc1ccc2[nH]c(=O)c(CNC[C@@H](O)COc3c(C)cccc3C)cc2c1. The van der Waals surface area contributed by atoms with Gasteiger partial charge < -0.3 is 20.1 Å². The van der Waals surface area contributed by atoms with Crippen LogP contribution in [0.3, 0.4) is 0 Å². The molecule has 0 saturated carbocycles. The van der Waals surface area contributed by atoms with E-state index in [1.807, 2.05) is 63.2 Å². The molecule has 0 amide bonds. The molecule has 2 aromatic carbocycles. The zero-order valence-electron chi connectivity index (χ0n) is 16.0. The average molecular weight is 366 g/mol. The number of benzene rings is 2. The number of aliphatic hydroxyl groups excluding tert-OH is 1. The molecule has 27 heavy (non-hydrogen) atoms. The Morgan fingerprint density at radius 3 is 2.59 bits per heavy atom. The number of ether oxygens (including phenoxy) is 1. The fraction of sp³-hybridized carbons (Fsp3) is 0.318. The van der Waals surface area contributed by atoms with Gasteiger partial charge in [0.25, 0.3) is 5.56 Å². The number of hydrogen-bond donors (Lipinski definition) is 3. The van der Waals surface area contributed by atoms with Gasteiger partial charge in [-0.15, -0.1) is 0 Å². The Balaban J connectivity index is 1.55. The van der Waals surface area contributed by atoms with Crippen LogP contribution >= 0.6 is 0 Å². The van der Waals surface area contributed by atoms with Crippen molar-refractivity contribution in [2.45, 2.75) is 33.4 Å². The Morgan fingerprint density at radius 2 is 1.85 bits per heavy atom. The molecule has 1 atom stereocenters. The molecule has 0 radical (unpaired) electrons. The molecule has 0 aliphatic heterocycles. The normalized spacial score (nSPS) is 12.3. The predicted molar refractivity (Wildman–Crippen MR) is 108 cm³/mol. The average Bonchev–Trinajstić information content (AvgIpc) is 2.62. The van der Waals surface area contributed by atoms with Crippen LogP contribution in [0.4, 0.5) is 0 Å². The maximum Gasteiger partial charge on any atom is 0.252 e. The van der Waals surface area contributed by atoms with Crippen LogP contribution in [0, 0.1) is 20.8 Å². The van der Waals surface area contributed by atoms with Gasteiger partial charge in [-0.2, -0.15) is 0 Å². The van der Waals surface area contributed by atoms with Gasteiger partial charge in [-0.1, -0.05) is 29.8 Å². The Morgan fingerprint density at radius 1 is 1.11 bits per heavy atom. The van der Waals surface area contributed by atoms with E-state index in [0.717, 1.165) is 33.3 Å². The van der Waals surface area contributed by atoms with Crippen molar-refractivity contribution in [3.8, 4) is 5.75 Å². The molecular formula is C22H26N2O3. The Bertz CT molecular complexity index is 974. The second-order valence-electron chi connectivity index (χ2n) is 7.03. The van der Waals surface area contributed by atoms with E-state index in [4.69, 9.17) is 4.74 Å². The Labute approximate surface area is 159 Å². The topological polar surface area (TPSA) is 74.4 Å².